The Kier molecular flexibility index (Phi) is 5.53. The van der Waals surface area contributed by atoms with Crippen LogP contribution >= 0.6 is 0 Å². The van der Waals surface area contributed by atoms with E-state index in [1.165, 1.54) is 0 Å². The van der Waals surface area contributed by atoms with Gasteiger partial charge >= 0.3 is 6.03 Å². The van der Waals surface area contributed by atoms with Gasteiger partial charge in [0, 0.05) is 31.5 Å². The molecule has 6 rings (SSSR count). The van der Waals surface area contributed by atoms with Gasteiger partial charge in [0.25, 0.3) is 0 Å². The lowest BCUT2D eigenvalue weighted by Gasteiger charge is -2.35. The molecule has 180 valence electrons. The van der Waals surface area contributed by atoms with Crippen LogP contribution in [0.3, 0.4) is 0 Å². The van der Waals surface area contributed by atoms with E-state index < -0.39 is 0 Å². The third-order valence-corrected chi connectivity index (χ3v) is 7.35. The SMILES string of the molecule is COC1CCN(c2nc(-c3ccc(NC(=O)NC4COC4)cc3)nc3c2CCC2(CC2)O3)CC1. The second kappa shape index (κ2) is 8.70. The van der Waals surface area contributed by atoms with Crippen molar-refractivity contribution in [3.63, 3.8) is 0 Å². The summed E-state index contributed by atoms with van der Waals surface area (Å²) in [5.74, 6) is 2.39. The fraction of sp³-hybridized carbons (Fsp3) is 0.560. The minimum Gasteiger partial charge on any atom is -0.471 e. The summed E-state index contributed by atoms with van der Waals surface area (Å²) < 4.78 is 17.1. The highest BCUT2D eigenvalue weighted by atomic mass is 16.5. The lowest BCUT2D eigenvalue weighted by molar-refractivity contribution is 0.000735. The number of ether oxygens (including phenoxy) is 3. The van der Waals surface area contributed by atoms with E-state index in [-0.39, 0.29) is 17.7 Å². The first-order valence-electron chi connectivity index (χ1n) is 12.2. The van der Waals surface area contributed by atoms with E-state index in [1.54, 1.807) is 7.11 Å². The van der Waals surface area contributed by atoms with Crippen molar-refractivity contribution >= 4 is 17.5 Å². The van der Waals surface area contributed by atoms with Gasteiger partial charge in [-0.3, -0.25) is 0 Å². The summed E-state index contributed by atoms with van der Waals surface area (Å²) in [5.41, 5.74) is 2.74. The minimum atomic E-state index is -0.226. The first-order valence-corrected chi connectivity index (χ1v) is 12.2. The number of urea groups is 1. The number of nitrogens with zero attached hydrogens (tertiary/aromatic N) is 3. The normalized spacial score (nSPS) is 21.4. The van der Waals surface area contributed by atoms with Gasteiger partial charge in [-0.05, 0) is 62.8 Å². The number of nitrogens with one attached hydrogen (secondary N) is 2. The molecule has 2 saturated heterocycles. The lowest BCUT2D eigenvalue weighted by Crippen LogP contribution is -2.49. The number of benzene rings is 1. The summed E-state index contributed by atoms with van der Waals surface area (Å²) >= 11 is 0. The fourth-order valence-corrected chi connectivity index (χ4v) is 4.92. The molecule has 1 aromatic carbocycles. The second-order valence-electron chi connectivity index (χ2n) is 9.77. The number of hydrogen-bond donors (Lipinski definition) is 2. The van der Waals surface area contributed by atoms with Crippen LogP contribution in [0.4, 0.5) is 16.3 Å². The molecule has 9 nitrogen and oxygen atoms in total. The van der Waals surface area contributed by atoms with Crippen molar-refractivity contribution in [2.45, 2.75) is 56.3 Å². The Bertz CT molecular complexity index is 1060. The van der Waals surface area contributed by atoms with Gasteiger partial charge in [-0.15, -0.1) is 0 Å². The van der Waals surface area contributed by atoms with E-state index in [9.17, 15) is 4.79 Å². The standard InChI is InChI=1S/C25H31N5O4/c1-32-19-7-12-30(13-8-19)22-20-6-9-25(10-11-25)34-23(20)29-21(28-22)16-2-4-17(5-3-16)26-24(31)27-18-14-33-15-18/h2-5,18-19H,6-15H2,1H3,(H2,26,27,31). The molecule has 1 saturated carbocycles. The Morgan fingerprint density at radius 1 is 1.12 bits per heavy atom. The number of carbonyl (C=O) groups excluding carboxylic acids is 1. The number of methoxy groups -OCH3 is 1. The Morgan fingerprint density at radius 2 is 1.88 bits per heavy atom. The maximum atomic E-state index is 12.1. The molecule has 9 heteroatoms. The number of anilines is 2. The zero-order chi connectivity index (χ0) is 23.1. The van der Waals surface area contributed by atoms with Crippen molar-refractivity contribution < 1.29 is 19.0 Å². The maximum absolute atomic E-state index is 12.1. The highest BCUT2D eigenvalue weighted by Gasteiger charge is 2.49. The van der Waals surface area contributed by atoms with Crippen molar-refractivity contribution in [3.05, 3.63) is 29.8 Å². The van der Waals surface area contributed by atoms with Crippen LogP contribution in [0.15, 0.2) is 24.3 Å². The summed E-state index contributed by atoms with van der Waals surface area (Å²) in [4.78, 5) is 24.4. The molecule has 3 aliphatic heterocycles. The van der Waals surface area contributed by atoms with Crippen LogP contribution in [0, 0.1) is 0 Å². The Balaban J connectivity index is 1.25. The molecule has 0 unspecified atom stereocenters. The number of carbonyl (C=O) groups is 1. The van der Waals surface area contributed by atoms with Gasteiger partial charge in [-0.2, -0.15) is 4.98 Å². The van der Waals surface area contributed by atoms with Crippen molar-refractivity contribution in [3.8, 4) is 17.3 Å². The average molecular weight is 466 g/mol. The van der Waals surface area contributed by atoms with Crippen LogP contribution in [0.25, 0.3) is 11.4 Å². The predicted molar refractivity (Wildman–Crippen MR) is 127 cm³/mol. The quantitative estimate of drug-likeness (QED) is 0.700. The summed E-state index contributed by atoms with van der Waals surface area (Å²) in [7, 11) is 1.79. The Labute approximate surface area is 199 Å². The predicted octanol–water partition coefficient (Wildman–Crippen LogP) is 3.14. The van der Waals surface area contributed by atoms with Crippen LogP contribution in [0.5, 0.6) is 5.88 Å². The van der Waals surface area contributed by atoms with Crippen molar-refractivity contribution in [1.82, 2.24) is 15.3 Å². The zero-order valence-corrected chi connectivity index (χ0v) is 19.5. The minimum absolute atomic E-state index is 0.00838. The highest BCUT2D eigenvalue weighted by molar-refractivity contribution is 5.89. The summed E-state index contributed by atoms with van der Waals surface area (Å²) in [6.45, 7) is 2.96. The molecule has 2 N–H and O–H groups in total. The van der Waals surface area contributed by atoms with Crippen LogP contribution in [0.2, 0.25) is 0 Å². The van der Waals surface area contributed by atoms with E-state index >= 15 is 0 Å². The van der Waals surface area contributed by atoms with Crippen LogP contribution in [0.1, 0.15) is 37.7 Å². The largest absolute Gasteiger partial charge is 0.471 e. The molecule has 34 heavy (non-hydrogen) atoms. The number of amides is 2. The number of hydrogen-bond acceptors (Lipinski definition) is 7. The van der Waals surface area contributed by atoms with Crippen molar-refractivity contribution in [2.24, 2.45) is 0 Å². The number of rotatable bonds is 5. The lowest BCUT2D eigenvalue weighted by atomic mass is 10.0. The fourth-order valence-electron chi connectivity index (χ4n) is 4.92. The third-order valence-electron chi connectivity index (χ3n) is 7.35. The van der Waals surface area contributed by atoms with Gasteiger partial charge < -0.3 is 29.7 Å². The second-order valence-corrected chi connectivity index (χ2v) is 9.77. The molecular weight excluding hydrogens is 434 g/mol. The van der Waals surface area contributed by atoms with E-state index in [4.69, 9.17) is 24.2 Å². The third kappa shape index (κ3) is 4.30. The molecule has 2 amide bonds. The number of piperidine rings is 1. The van der Waals surface area contributed by atoms with Gasteiger partial charge in [-0.25, -0.2) is 9.78 Å². The molecule has 3 fully saturated rings. The number of aromatic nitrogens is 2. The first-order chi connectivity index (χ1) is 16.6. The van der Waals surface area contributed by atoms with Crippen molar-refractivity contribution in [2.75, 3.05) is 43.6 Å². The molecular formula is C25H31N5O4. The topological polar surface area (TPSA) is 97.8 Å². The van der Waals surface area contributed by atoms with E-state index in [1.807, 2.05) is 24.3 Å². The van der Waals surface area contributed by atoms with E-state index in [2.05, 4.69) is 15.5 Å². The van der Waals surface area contributed by atoms with Crippen molar-refractivity contribution in [1.29, 1.82) is 0 Å². The summed E-state index contributed by atoms with van der Waals surface area (Å²) in [6, 6.07) is 7.51. The van der Waals surface area contributed by atoms with E-state index in [0.29, 0.717) is 25.1 Å². The summed E-state index contributed by atoms with van der Waals surface area (Å²) in [5, 5.41) is 5.75. The first kappa shape index (κ1) is 21.6. The molecule has 0 radical (unpaired) electrons. The molecule has 0 bridgehead atoms. The van der Waals surface area contributed by atoms with Gasteiger partial charge in [0.2, 0.25) is 5.88 Å². The maximum Gasteiger partial charge on any atom is 0.319 e. The van der Waals surface area contributed by atoms with E-state index in [0.717, 1.165) is 80.1 Å². The highest BCUT2D eigenvalue weighted by Crippen LogP contribution is 2.49. The van der Waals surface area contributed by atoms with Crippen LogP contribution < -0.4 is 20.3 Å². The summed E-state index contributed by atoms with van der Waals surface area (Å²) in [6.07, 6.45) is 6.51. The molecule has 1 spiro atoms. The molecule has 0 atom stereocenters. The monoisotopic (exact) mass is 465 g/mol. The number of fused-ring (bicyclic) bond motifs is 1. The van der Waals surface area contributed by atoms with Crippen LogP contribution in [-0.2, 0) is 15.9 Å². The zero-order valence-electron chi connectivity index (χ0n) is 19.5. The smallest absolute Gasteiger partial charge is 0.319 e. The average Bonchev–Trinajstić information content (AvgIpc) is 3.59. The molecule has 4 aliphatic rings. The Hall–Kier alpha value is -2.91. The molecule has 2 aromatic rings. The molecule has 1 aromatic heterocycles. The molecule has 1 aliphatic carbocycles. The van der Waals surface area contributed by atoms with Gasteiger partial charge in [0.15, 0.2) is 5.82 Å². The Morgan fingerprint density at radius 3 is 2.53 bits per heavy atom. The molecule has 4 heterocycles. The van der Waals surface area contributed by atoms with Gasteiger partial charge in [0.05, 0.1) is 30.9 Å². The van der Waals surface area contributed by atoms with Gasteiger partial charge in [0.1, 0.15) is 11.4 Å². The van der Waals surface area contributed by atoms with Crippen LogP contribution in [-0.4, -0.2) is 67.2 Å². The van der Waals surface area contributed by atoms with Gasteiger partial charge in [-0.1, -0.05) is 0 Å².